The number of nitrogens with one attached hydrogen (secondary N) is 1. The number of phenolic OH excluding ortho intramolecular Hbond substituents is 1. The summed E-state index contributed by atoms with van der Waals surface area (Å²) in [4.78, 5) is 14.6. The van der Waals surface area contributed by atoms with E-state index in [0.29, 0.717) is 22.3 Å². The van der Waals surface area contributed by atoms with E-state index in [0.717, 1.165) is 30.1 Å². The molecule has 0 unspecified atom stereocenters. The van der Waals surface area contributed by atoms with Gasteiger partial charge in [-0.15, -0.1) is 10.2 Å². The fourth-order valence-corrected chi connectivity index (χ4v) is 4.01. The fourth-order valence-electron chi connectivity index (χ4n) is 3.11. The first-order valence-electron chi connectivity index (χ1n) is 9.17. The lowest BCUT2D eigenvalue weighted by atomic mass is 9.99. The molecular formula is C21H19ClN4O2S. The second-order valence-corrected chi connectivity index (χ2v) is 8.22. The molecule has 2 N–H and O–H groups in total. The number of rotatable bonds is 5. The Bertz CT molecular complexity index is 1030. The topological polar surface area (TPSA) is 78.4 Å². The molecule has 1 amide bonds. The molecular weight excluding hydrogens is 408 g/mol. The summed E-state index contributed by atoms with van der Waals surface area (Å²) in [6.07, 6.45) is 3.12. The molecule has 0 spiro atoms. The number of carbonyl (C=O) groups is 1. The van der Waals surface area contributed by atoms with Crippen LogP contribution in [0.25, 0.3) is 5.57 Å². The summed E-state index contributed by atoms with van der Waals surface area (Å²) in [7, 11) is 0. The minimum absolute atomic E-state index is 0.274. The lowest BCUT2D eigenvalue weighted by Gasteiger charge is -2.25. The number of carbonyl (C=O) groups excluding carboxylic acids is 1. The van der Waals surface area contributed by atoms with Crippen LogP contribution in [0.3, 0.4) is 0 Å². The summed E-state index contributed by atoms with van der Waals surface area (Å²) in [5.74, 6) is 0.00295. The molecule has 2 aromatic carbocycles. The molecule has 1 aliphatic rings. The molecule has 148 valence electrons. The third-order valence-corrected chi connectivity index (χ3v) is 5.81. The highest BCUT2D eigenvalue weighted by atomic mass is 35.5. The van der Waals surface area contributed by atoms with Crippen LogP contribution in [-0.2, 0) is 6.54 Å². The molecule has 0 bridgehead atoms. The summed E-state index contributed by atoms with van der Waals surface area (Å²) in [5, 5.41) is 22.2. The maximum atomic E-state index is 12.4. The van der Waals surface area contributed by atoms with E-state index in [9.17, 15) is 9.90 Å². The Kier molecular flexibility index (Phi) is 5.89. The molecule has 4 rings (SSSR count). The predicted octanol–water partition coefficient (Wildman–Crippen LogP) is 4.44. The first-order chi connectivity index (χ1) is 14.1. The van der Waals surface area contributed by atoms with Gasteiger partial charge in [0.15, 0.2) is 0 Å². The van der Waals surface area contributed by atoms with Crippen molar-refractivity contribution in [3.63, 3.8) is 0 Å². The zero-order chi connectivity index (χ0) is 20.2. The molecule has 8 heteroatoms. The van der Waals surface area contributed by atoms with Gasteiger partial charge in [-0.25, -0.2) is 0 Å². The van der Waals surface area contributed by atoms with Crippen LogP contribution in [-0.4, -0.2) is 39.2 Å². The number of halogens is 1. The minimum Gasteiger partial charge on any atom is -0.508 e. The molecule has 29 heavy (non-hydrogen) atoms. The van der Waals surface area contributed by atoms with Crippen LogP contribution in [0.5, 0.6) is 5.75 Å². The maximum Gasteiger partial charge on any atom is 0.286 e. The van der Waals surface area contributed by atoms with Crippen molar-refractivity contribution >= 4 is 40.1 Å². The molecule has 0 saturated carbocycles. The van der Waals surface area contributed by atoms with Gasteiger partial charge in [0, 0.05) is 23.8 Å². The summed E-state index contributed by atoms with van der Waals surface area (Å²) in [6.45, 7) is 2.37. The van der Waals surface area contributed by atoms with E-state index in [4.69, 9.17) is 11.6 Å². The van der Waals surface area contributed by atoms with E-state index in [1.807, 2.05) is 12.1 Å². The summed E-state index contributed by atoms with van der Waals surface area (Å²) in [6, 6.07) is 14.2. The van der Waals surface area contributed by atoms with Gasteiger partial charge in [0.05, 0.1) is 6.54 Å². The minimum atomic E-state index is -0.274. The Morgan fingerprint density at radius 3 is 2.59 bits per heavy atom. The highest BCUT2D eigenvalue weighted by Gasteiger charge is 2.17. The van der Waals surface area contributed by atoms with Crippen molar-refractivity contribution in [1.29, 1.82) is 0 Å². The number of amides is 1. The largest absolute Gasteiger partial charge is 0.508 e. The molecule has 3 aromatic rings. The van der Waals surface area contributed by atoms with Crippen LogP contribution >= 0.6 is 22.9 Å². The molecule has 1 aromatic heterocycles. The number of aromatic nitrogens is 2. The number of benzene rings is 2. The zero-order valence-electron chi connectivity index (χ0n) is 15.5. The van der Waals surface area contributed by atoms with Crippen LogP contribution in [0.1, 0.15) is 26.8 Å². The Morgan fingerprint density at radius 1 is 1.14 bits per heavy atom. The van der Waals surface area contributed by atoms with Gasteiger partial charge in [0.25, 0.3) is 5.91 Å². The highest BCUT2D eigenvalue weighted by Crippen LogP contribution is 2.25. The normalized spacial score (nSPS) is 14.4. The lowest BCUT2D eigenvalue weighted by molar-refractivity contribution is 0.102. The Morgan fingerprint density at radius 2 is 1.90 bits per heavy atom. The van der Waals surface area contributed by atoms with Gasteiger partial charge >= 0.3 is 0 Å². The van der Waals surface area contributed by atoms with E-state index in [1.54, 1.807) is 36.4 Å². The van der Waals surface area contributed by atoms with Crippen LogP contribution in [0.2, 0.25) is 5.02 Å². The Hall–Kier alpha value is -2.74. The Labute approximate surface area is 177 Å². The van der Waals surface area contributed by atoms with Crippen LogP contribution in [0.15, 0.2) is 54.6 Å². The van der Waals surface area contributed by atoms with Crippen molar-refractivity contribution in [1.82, 2.24) is 15.1 Å². The van der Waals surface area contributed by atoms with Crippen LogP contribution in [0, 0.1) is 0 Å². The smallest absolute Gasteiger partial charge is 0.286 e. The standard InChI is InChI=1S/C21H19ClN4O2S/c22-16-3-5-17(6-4-16)23-20(28)21-25-24-19(29-21)13-26-11-9-15(10-12-26)14-1-7-18(27)8-2-14/h1-9,27H,10-13H2,(H,23,28). The van der Waals surface area contributed by atoms with Crippen LogP contribution in [0.4, 0.5) is 5.69 Å². The van der Waals surface area contributed by atoms with Crippen molar-refractivity contribution in [3.8, 4) is 5.75 Å². The monoisotopic (exact) mass is 426 g/mol. The van der Waals surface area contributed by atoms with Crippen molar-refractivity contribution < 1.29 is 9.90 Å². The predicted molar refractivity (Wildman–Crippen MR) is 115 cm³/mol. The quantitative estimate of drug-likeness (QED) is 0.630. The van der Waals surface area contributed by atoms with Crippen LogP contribution < -0.4 is 5.32 Å². The van der Waals surface area contributed by atoms with Gasteiger partial charge in [-0.1, -0.05) is 41.1 Å². The van der Waals surface area contributed by atoms with E-state index in [1.165, 1.54) is 16.9 Å². The van der Waals surface area contributed by atoms with Gasteiger partial charge in [0.2, 0.25) is 5.01 Å². The number of nitrogens with zero attached hydrogens (tertiary/aromatic N) is 3. The number of phenols is 1. The number of anilines is 1. The zero-order valence-corrected chi connectivity index (χ0v) is 17.1. The van der Waals surface area contributed by atoms with Crippen molar-refractivity contribution in [2.24, 2.45) is 0 Å². The first kappa shape index (κ1) is 19.6. The molecule has 0 aliphatic carbocycles. The number of aromatic hydroxyl groups is 1. The Balaban J connectivity index is 1.34. The van der Waals surface area contributed by atoms with Gasteiger partial charge in [-0.3, -0.25) is 9.69 Å². The average molecular weight is 427 g/mol. The van der Waals surface area contributed by atoms with Crippen molar-refractivity contribution in [2.75, 3.05) is 18.4 Å². The number of hydrogen-bond donors (Lipinski definition) is 2. The summed E-state index contributed by atoms with van der Waals surface area (Å²) in [5.41, 5.74) is 3.08. The second kappa shape index (κ2) is 8.73. The second-order valence-electron chi connectivity index (χ2n) is 6.72. The third-order valence-electron chi connectivity index (χ3n) is 4.65. The molecule has 0 radical (unpaired) electrons. The molecule has 0 atom stereocenters. The van der Waals surface area contributed by atoms with Gasteiger partial charge < -0.3 is 10.4 Å². The maximum absolute atomic E-state index is 12.4. The SMILES string of the molecule is O=C(Nc1ccc(Cl)cc1)c1nnc(CN2CC=C(c3ccc(O)cc3)CC2)s1. The fraction of sp³-hybridized carbons (Fsp3) is 0.190. The average Bonchev–Trinajstić information content (AvgIpc) is 3.20. The third kappa shape index (κ3) is 5.00. The van der Waals surface area contributed by atoms with Gasteiger partial charge in [0.1, 0.15) is 10.8 Å². The van der Waals surface area contributed by atoms with E-state index in [-0.39, 0.29) is 11.7 Å². The molecule has 0 fully saturated rings. The summed E-state index contributed by atoms with van der Waals surface area (Å²) < 4.78 is 0. The van der Waals surface area contributed by atoms with E-state index < -0.39 is 0 Å². The van der Waals surface area contributed by atoms with Crippen molar-refractivity contribution in [2.45, 2.75) is 13.0 Å². The number of hydrogen-bond acceptors (Lipinski definition) is 6. The van der Waals surface area contributed by atoms with E-state index >= 15 is 0 Å². The van der Waals surface area contributed by atoms with E-state index in [2.05, 4.69) is 26.5 Å². The van der Waals surface area contributed by atoms with Gasteiger partial charge in [-0.2, -0.15) is 0 Å². The van der Waals surface area contributed by atoms with Crippen molar-refractivity contribution in [3.05, 3.63) is 75.2 Å². The molecule has 6 nitrogen and oxygen atoms in total. The van der Waals surface area contributed by atoms with Gasteiger partial charge in [-0.05, 0) is 54.0 Å². The summed E-state index contributed by atoms with van der Waals surface area (Å²) >= 11 is 7.16. The molecule has 1 aliphatic heterocycles. The lowest BCUT2D eigenvalue weighted by Crippen LogP contribution is -2.27. The molecule has 2 heterocycles. The molecule has 0 saturated heterocycles. The first-order valence-corrected chi connectivity index (χ1v) is 10.4. The highest BCUT2D eigenvalue weighted by molar-refractivity contribution is 7.13.